The molecule has 1 saturated heterocycles. The number of halogens is 3. The van der Waals surface area contributed by atoms with Gasteiger partial charge in [0.15, 0.2) is 0 Å². The minimum absolute atomic E-state index is 0.00710. The van der Waals surface area contributed by atoms with Gasteiger partial charge in [0.1, 0.15) is 10.7 Å². The van der Waals surface area contributed by atoms with E-state index in [1.165, 1.54) is 36.7 Å². The molecule has 3 N–H and O–H groups in total. The number of piperazine rings is 1. The van der Waals surface area contributed by atoms with E-state index in [4.69, 9.17) is 0 Å². The third kappa shape index (κ3) is 5.65. The number of aryl methyl sites for hydroxylation is 1. The molecule has 8 nitrogen and oxygen atoms in total. The molecule has 2 aromatic heterocycles. The number of nitrogens with one attached hydrogen (secondary N) is 3. The van der Waals surface area contributed by atoms with Gasteiger partial charge in [0.05, 0.1) is 16.9 Å². The van der Waals surface area contributed by atoms with Crippen LogP contribution < -0.4 is 20.9 Å². The fourth-order valence-electron chi connectivity index (χ4n) is 3.71. The summed E-state index contributed by atoms with van der Waals surface area (Å²) in [6.45, 7) is 4.68. The van der Waals surface area contributed by atoms with Crippen LogP contribution in [0.3, 0.4) is 0 Å². The summed E-state index contributed by atoms with van der Waals surface area (Å²) in [5.74, 6) is 0.143. The molecule has 1 fully saturated rings. The minimum Gasteiger partial charge on any atom is -0.369 e. The van der Waals surface area contributed by atoms with Crippen LogP contribution in [-0.4, -0.2) is 61.0 Å². The van der Waals surface area contributed by atoms with Crippen molar-refractivity contribution in [1.82, 2.24) is 20.2 Å². The zero-order valence-electron chi connectivity index (χ0n) is 19.5. The zero-order chi connectivity index (χ0) is 25.2. The summed E-state index contributed by atoms with van der Waals surface area (Å²) in [7, 11) is 3.53. The van der Waals surface area contributed by atoms with E-state index >= 15 is 0 Å². The molecule has 1 aliphatic heterocycles. The van der Waals surface area contributed by atoms with Gasteiger partial charge >= 0.3 is 6.18 Å². The van der Waals surface area contributed by atoms with Crippen molar-refractivity contribution in [1.29, 1.82) is 0 Å². The SMILES string of the molecule is CNC(=O)c1sccc1Nc1nc(Nc2ccc(N3CCN(C)CC3)cc2C(F)(F)F)ncc1C. The molecule has 0 spiro atoms. The second-order valence-corrected chi connectivity index (χ2v) is 9.15. The van der Waals surface area contributed by atoms with Gasteiger partial charge in [0, 0.05) is 50.7 Å². The lowest BCUT2D eigenvalue weighted by Crippen LogP contribution is -2.44. The van der Waals surface area contributed by atoms with E-state index in [1.54, 1.807) is 24.4 Å². The standard InChI is InChI=1S/C23H26F3N7OS/c1-14-13-28-22(31-20(14)29-18-6-11-35-19(18)21(34)27-2)30-17-5-4-15(12-16(17)23(24,25)26)33-9-7-32(3)8-10-33/h4-6,11-13H,7-10H2,1-3H3,(H,27,34)(H2,28,29,30,31). The number of nitrogens with zero attached hydrogens (tertiary/aromatic N) is 4. The van der Waals surface area contributed by atoms with Crippen molar-refractivity contribution in [2.75, 3.05) is 55.8 Å². The van der Waals surface area contributed by atoms with Gasteiger partial charge in [0.2, 0.25) is 5.95 Å². The molecule has 3 aromatic rings. The lowest BCUT2D eigenvalue weighted by Gasteiger charge is -2.34. The number of benzene rings is 1. The van der Waals surface area contributed by atoms with Gasteiger partial charge in [-0.3, -0.25) is 4.79 Å². The van der Waals surface area contributed by atoms with Gasteiger partial charge in [-0.15, -0.1) is 11.3 Å². The van der Waals surface area contributed by atoms with Crippen LogP contribution >= 0.6 is 11.3 Å². The third-order valence-corrected chi connectivity index (χ3v) is 6.66. The van der Waals surface area contributed by atoms with Gasteiger partial charge < -0.3 is 25.8 Å². The summed E-state index contributed by atoms with van der Waals surface area (Å²) >= 11 is 1.27. The maximum Gasteiger partial charge on any atom is 0.418 e. The molecule has 0 atom stereocenters. The second kappa shape index (κ2) is 10.1. The van der Waals surface area contributed by atoms with Crippen LogP contribution in [0.25, 0.3) is 0 Å². The molecule has 186 valence electrons. The van der Waals surface area contributed by atoms with E-state index in [-0.39, 0.29) is 17.5 Å². The highest BCUT2D eigenvalue weighted by Gasteiger charge is 2.34. The summed E-state index contributed by atoms with van der Waals surface area (Å²) in [6.07, 6.45) is -3.05. The van der Waals surface area contributed by atoms with Crippen LogP contribution in [0.5, 0.6) is 0 Å². The van der Waals surface area contributed by atoms with Crippen LogP contribution in [0.2, 0.25) is 0 Å². The van der Waals surface area contributed by atoms with Gasteiger partial charge in [0.25, 0.3) is 5.91 Å². The Hall–Kier alpha value is -3.38. The fraction of sp³-hybridized carbons (Fsp3) is 0.348. The summed E-state index contributed by atoms with van der Waals surface area (Å²) in [5, 5.41) is 10.2. The van der Waals surface area contributed by atoms with Crippen molar-refractivity contribution in [2.45, 2.75) is 13.1 Å². The molecule has 0 saturated carbocycles. The molecule has 1 aromatic carbocycles. The van der Waals surface area contributed by atoms with Crippen LogP contribution in [0.1, 0.15) is 20.8 Å². The largest absolute Gasteiger partial charge is 0.418 e. The second-order valence-electron chi connectivity index (χ2n) is 8.24. The van der Waals surface area contributed by atoms with Crippen molar-refractivity contribution >= 4 is 46.1 Å². The predicted octanol–water partition coefficient (Wildman–Crippen LogP) is 4.46. The minimum atomic E-state index is -4.56. The Bertz CT molecular complexity index is 1210. The molecule has 0 radical (unpaired) electrons. The normalized spacial score (nSPS) is 14.6. The molecule has 0 bridgehead atoms. The molecular formula is C23H26F3N7OS. The van der Waals surface area contributed by atoms with E-state index < -0.39 is 11.7 Å². The highest BCUT2D eigenvalue weighted by Crippen LogP contribution is 2.38. The molecule has 1 amide bonds. The summed E-state index contributed by atoms with van der Waals surface area (Å²) in [4.78, 5) is 25.2. The smallest absolute Gasteiger partial charge is 0.369 e. The average Bonchev–Trinajstić information content (AvgIpc) is 3.29. The van der Waals surface area contributed by atoms with E-state index in [2.05, 4.69) is 30.8 Å². The number of carbonyl (C=O) groups excluding carboxylic acids is 1. The maximum atomic E-state index is 14.0. The van der Waals surface area contributed by atoms with Crippen molar-refractivity contribution in [3.63, 3.8) is 0 Å². The van der Waals surface area contributed by atoms with Crippen LogP contribution in [0.4, 0.5) is 42.0 Å². The number of hydrogen-bond acceptors (Lipinski definition) is 8. The van der Waals surface area contributed by atoms with E-state index in [9.17, 15) is 18.0 Å². The lowest BCUT2D eigenvalue weighted by molar-refractivity contribution is -0.136. The first-order chi connectivity index (χ1) is 16.7. The van der Waals surface area contributed by atoms with Crippen molar-refractivity contribution in [3.8, 4) is 0 Å². The number of aromatic nitrogens is 2. The monoisotopic (exact) mass is 505 g/mol. The Morgan fingerprint density at radius 1 is 1.09 bits per heavy atom. The average molecular weight is 506 g/mol. The van der Waals surface area contributed by atoms with E-state index in [0.717, 1.165) is 13.1 Å². The third-order valence-electron chi connectivity index (χ3n) is 5.75. The Morgan fingerprint density at radius 3 is 2.51 bits per heavy atom. The molecule has 3 heterocycles. The Labute approximate surface area is 205 Å². The number of thiophene rings is 1. The molecule has 0 aliphatic carbocycles. The number of amides is 1. The van der Waals surface area contributed by atoms with E-state index in [0.29, 0.717) is 40.7 Å². The number of anilines is 5. The number of carbonyl (C=O) groups is 1. The molecule has 0 unspecified atom stereocenters. The Morgan fingerprint density at radius 2 is 1.83 bits per heavy atom. The quantitative estimate of drug-likeness (QED) is 0.456. The summed E-state index contributed by atoms with van der Waals surface area (Å²) in [5.41, 5.74) is 0.835. The molecule has 1 aliphatic rings. The first-order valence-electron chi connectivity index (χ1n) is 11.0. The topological polar surface area (TPSA) is 85.4 Å². The van der Waals surface area contributed by atoms with Crippen LogP contribution in [0, 0.1) is 6.92 Å². The molecular weight excluding hydrogens is 479 g/mol. The van der Waals surface area contributed by atoms with Crippen molar-refractivity contribution in [3.05, 3.63) is 51.8 Å². The number of hydrogen-bond donors (Lipinski definition) is 3. The van der Waals surface area contributed by atoms with Crippen molar-refractivity contribution < 1.29 is 18.0 Å². The highest BCUT2D eigenvalue weighted by molar-refractivity contribution is 7.12. The van der Waals surface area contributed by atoms with Gasteiger partial charge in [-0.25, -0.2) is 4.98 Å². The van der Waals surface area contributed by atoms with Crippen LogP contribution in [-0.2, 0) is 6.18 Å². The molecule has 4 rings (SSSR count). The summed E-state index contributed by atoms with van der Waals surface area (Å²) < 4.78 is 41.9. The predicted molar refractivity (Wildman–Crippen MR) is 132 cm³/mol. The first kappa shape index (κ1) is 24.7. The molecule has 35 heavy (non-hydrogen) atoms. The molecule has 12 heteroatoms. The van der Waals surface area contributed by atoms with Crippen LogP contribution in [0.15, 0.2) is 35.8 Å². The number of likely N-dealkylation sites (N-methyl/N-ethyl adjacent to an activating group) is 1. The lowest BCUT2D eigenvalue weighted by atomic mass is 10.1. The van der Waals surface area contributed by atoms with Gasteiger partial charge in [-0.2, -0.15) is 18.2 Å². The number of rotatable bonds is 6. The van der Waals surface area contributed by atoms with Crippen molar-refractivity contribution in [2.24, 2.45) is 0 Å². The Balaban J connectivity index is 1.60. The zero-order valence-corrected chi connectivity index (χ0v) is 20.3. The maximum absolute atomic E-state index is 14.0. The first-order valence-corrected chi connectivity index (χ1v) is 11.9. The summed E-state index contributed by atoms with van der Waals surface area (Å²) in [6, 6.07) is 6.00. The number of alkyl halides is 3. The van der Waals surface area contributed by atoms with Gasteiger partial charge in [-0.1, -0.05) is 0 Å². The van der Waals surface area contributed by atoms with E-state index in [1.807, 2.05) is 11.9 Å². The van der Waals surface area contributed by atoms with Gasteiger partial charge in [-0.05, 0) is 43.6 Å². The Kier molecular flexibility index (Phi) is 7.13. The fourth-order valence-corrected chi connectivity index (χ4v) is 4.51. The highest BCUT2D eigenvalue weighted by atomic mass is 32.1.